The third-order valence-electron chi connectivity index (χ3n) is 4.44. The summed E-state index contributed by atoms with van der Waals surface area (Å²) in [6.45, 7) is 4.45. The van der Waals surface area contributed by atoms with Crippen LogP contribution in [0.5, 0.6) is 5.75 Å². The lowest BCUT2D eigenvalue weighted by Crippen LogP contribution is -2.17. The van der Waals surface area contributed by atoms with Gasteiger partial charge in [-0.1, -0.05) is 30.0 Å². The van der Waals surface area contributed by atoms with Crippen LogP contribution in [0.3, 0.4) is 0 Å². The van der Waals surface area contributed by atoms with Gasteiger partial charge in [0.2, 0.25) is 11.8 Å². The van der Waals surface area contributed by atoms with Crippen LogP contribution in [0.25, 0.3) is 0 Å². The maximum absolute atomic E-state index is 12.4. The number of carbonyl (C=O) groups excluding carboxylic acids is 2. The zero-order chi connectivity index (χ0) is 22.2. The van der Waals surface area contributed by atoms with Gasteiger partial charge < -0.3 is 19.9 Å². The van der Waals surface area contributed by atoms with Gasteiger partial charge in [-0.15, -0.1) is 10.2 Å². The molecule has 8 nitrogen and oxygen atoms in total. The summed E-state index contributed by atoms with van der Waals surface area (Å²) in [5.74, 6) is 1.14. The predicted molar refractivity (Wildman–Crippen MR) is 121 cm³/mol. The van der Waals surface area contributed by atoms with E-state index >= 15 is 0 Å². The molecule has 0 aliphatic rings. The van der Waals surface area contributed by atoms with E-state index in [2.05, 4.69) is 20.8 Å². The minimum Gasteiger partial charge on any atom is -0.494 e. The number of ether oxygens (including phenoxy) is 1. The maximum atomic E-state index is 12.4. The van der Waals surface area contributed by atoms with E-state index < -0.39 is 0 Å². The van der Waals surface area contributed by atoms with Gasteiger partial charge in [-0.3, -0.25) is 9.59 Å². The number of para-hydroxylation sites is 1. The van der Waals surface area contributed by atoms with Crippen molar-refractivity contribution < 1.29 is 14.3 Å². The van der Waals surface area contributed by atoms with Crippen molar-refractivity contribution in [1.82, 2.24) is 14.8 Å². The molecule has 0 saturated heterocycles. The Hall–Kier alpha value is -3.33. The third kappa shape index (κ3) is 6.32. The predicted octanol–water partition coefficient (Wildman–Crippen LogP) is 3.43. The molecule has 1 aromatic heterocycles. The molecule has 0 saturated carbocycles. The summed E-state index contributed by atoms with van der Waals surface area (Å²) < 4.78 is 7.12. The summed E-state index contributed by atoms with van der Waals surface area (Å²) in [6.07, 6.45) is 0.0761. The highest BCUT2D eigenvalue weighted by Crippen LogP contribution is 2.19. The van der Waals surface area contributed by atoms with Gasteiger partial charge >= 0.3 is 0 Å². The lowest BCUT2D eigenvalue weighted by molar-refractivity contribution is -0.116. The van der Waals surface area contributed by atoms with Crippen LogP contribution >= 0.6 is 11.8 Å². The van der Waals surface area contributed by atoms with Crippen LogP contribution < -0.4 is 15.4 Å². The Morgan fingerprint density at radius 3 is 2.48 bits per heavy atom. The van der Waals surface area contributed by atoms with Crippen molar-refractivity contribution in [1.29, 1.82) is 0 Å². The summed E-state index contributed by atoms with van der Waals surface area (Å²) in [5, 5.41) is 14.5. The molecule has 3 rings (SSSR count). The molecule has 0 atom stereocenters. The fourth-order valence-electron chi connectivity index (χ4n) is 2.80. The largest absolute Gasteiger partial charge is 0.494 e. The standard InChI is InChI=1S/C22H25N5O3S/c1-4-30-17-11-9-16(10-12-17)23-20(28)13-19-25-26-22(27(19)3)31-14-21(29)24-18-8-6-5-7-15(18)2/h5-12H,4,13-14H2,1-3H3,(H,23,28)(H,24,29). The topological polar surface area (TPSA) is 98.1 Å². The van der Waals surface area contributed by atoms with Crippen LogP contribution in [-0.4, -0.2) is 38.9 Å². The molecule has 2 amide bonds. The van der Waals surface area contributed by atoms with E-state index in [1.54, 1.807) is 35.9 Å². The lowest BCUT2D eigenvalue weighted by atomic mass is 10.2. The van der Waals surface area contributed by atoms with Crippen LogP contribution in [0.1, 0.15) is 18.3 Å². The number of amides is 2. The second-order valence-electron chi connectivity index (χ2n) is 6.79. The number of aromatic nitrogens is 3. The smallest absolute Gasteiger partial charge is 0.234 e. The Labute approximate surface area is 185 Å². The van der Waals surface area contributed by atoms with Gasteiger partial charge in [0.15, 0.2) is 5.16 Å². The first-order chi connectivity index (χ1) is 15.0. The van der Waals surface area contributed by atoms with Gasteiger partial charge in [-0.05, 0) is 49.7 Å². The van der Waals surface area contributed by atoms with Crippen molar-refractivity contribution in [2.45, 2.75) is 25.4 Å². The van der Waals surface area contributed by atoms with E-state index in [1.165, 1.54) is 11.8 Å². The molecule has 0 aliphatic heterocycles. The van der Waals surface area contributed by atoms with Crippen LogP contribution in [0.15, 0.2) is 53.7 Å². The van der Waals surface area contributed by atoms with E-state index in [0.717, 1.165) is 17.0 Å². The zero-order valence-corrected chi connectivity index (χ0v) is 18.5. The fourth-order valence-corrected chi connectivity index (χ4v) is 3.53. The van der Waals surface area contributed by atoms with Crippen molar-refractivity contribution in [2.24, 2.45) is 7.05 Å². The Morgan fingerprint density at radius 1 is 1.03 bits per heavy atom. The average Bonchev–Trinajstić information content (AvgIpc) is 3.09. The SMILES string of the molecule is CCOc1ccc(NC(=O)Cc2nnc(SCC(=O)Nc3ccccc3C)n2C)cc1. The second-order valence-corrected chi connectivity index (χ2v) is 7.73. The van der Waals surface area contributed by atoms with Gasteiger partial charge in [-0.2, -0.15) is 0 Å². The third-order valence-corrected chi connectivity index (χ3v) is 5.46. The summed E-state index contributed by atoms with van der Waals surface area (Å²) >= 11 is 1.27. The monoisotopic (exact) mass is 439 g/mol. The Kier molecular flexibility index (Phi) is 7.66. The number of nitrogens with zero attached hydrogens (tertiary/aromatic N) is 3. The molecule has 1 heterocycles. The van der Waals surface area contributed by atoms with E-state index in [0.29, 0.717) is 23.3 Å². The summed E-state index contributed by atoms with van der Waals surface area (Å²) in [7, 11) is 1.78. The quantitative estimate of drug-likeness (QED) is 0.496. The van der Waals surface area contributed by atoms with E-state index in [9.17, 15) is 9.59 Å². The van der Waals surface area contributed by atoms with Crippen molar-refractivity contribution in [3.05, 3.63) is 59.9 Å². The number of hydrogen-bond acceptors (Lipinski definition) is 6. The number of carbonyl (C=O) groups is 2. The number of benzene rings is 2. The molecule has 0 spiro atoms. The van der Waals surface area contributed by atoms with E-state index in [1.807, 2.05) is 38.1 Å². The second kappa shape index (κ2) is 10.6. The van der Waals surface area contributed by atoms with E-state index in [4.69, 9.17) is 4.74 Å². The van der Waals surface area contributed by atoms with Crippen molar-refractivity contribution in [3.63, 3.8) is 0 Å². The number of nitrogens with one attached hydrogen (secondary N) is 2. The Morgan fingerprint density at radius 2 is 1.77 bits per heavy atom. The highest BCUT2D eigenvalue weighted by molar-refractivity contribution is 7.99. The minimum absolute atomic E-state index is 0.0761. The van der Waals surface area contributed by atoms with Crippen LogP contribution in [0, 0.1) is 6.92 Å². The molecule has 0 fully saturated rings. The van der Waals surface area contributed by atoms with Gasteiger partial charge in [0, 0.05) is 18.4 Å². The fraction of sp³-hybridized carbons (Fsp3) is 0.273. The molecule has 162 valence electrons. The van der Waals surface area contributed by atoms with Crippen LogP contribution in [0.4, 0.5) is 11.4 Å². The first-order valence-corrected chi connectivity index (χ1v) is 10.8. The molecular formula is C22H25N5O3S. The number of aryl methyl sites for hydroxylation is 1. The van der Waals surface area contributed by atoms with Crippen LogP contribution in [-0.2, 0) is 23.1 Å². The molecule has 31 heavy (non-hydrogen) atoms. The minimum atomic E-state index is -0.200. The lowest BCUT2D eigenvalue weighted by Gasteiger charge is -2.08. The number of anilines is 2. The Balaban J connectivity index is 1.51. The van der Waals surface area contributed by atoms with Gasteiger partial charge in [0.1, 0.15) is 11.6 Å². The normalized spacial score (nSPS) is 10.5. The van der Waals surface area contributed by atoms with Gasteiger partial charge in [-0.25, -0.2) is 0 Å². The van der Waals surface area contributed by atoms with Gasteiger partial charge in [0.25, 0.3) is 0 Å². The molecule has 0 radical (unpaired) electrons. The van der Waals surface area contributed by atoms with Crippen molar-refractivity contribution in [3.8, 4) is 5.75 Å². The molecule has 0 bridgehead atoms. The molecule has 0 unspecified atom stereocenters. The van der Waals surface area contributed by atoms with E-state index in [-0.39, 0.29) is 24.0 Å². The zero-order valence-electron chi connectivity index (χ0n) is 17.7. The number of rotatable bonds is 9. The summed E-state index contributed by atoms with van der Waals surface area (Å²) in [4.78, 5) is 24.6. The molecule has 2 N–H and O–H groups in total. The number of hydrogen-bond donors (Lipinski definition) is 2. The molecular weight excluding hydrogens is 414 g/mol. The maximum Gasteiger partial charge on any atom is 0.234 e. The average molecular weight is 440 g/mol. The summed E-state index contributed by atoms with van der Waals surface area (Å²) in [6, 6.07) is 14.8. The molecule has 3 aromatic rings. The molecule has 2 aromatic carbocycles. The highest BCUT2D eigenvalue weighted by Gasteiger charge is 2.15. The van der Waals surface area contributed by atoms with Gasteiger partial charge in [0.05, 0.1) is 18.8 Å². The Bertz CT molecular complexity index is 1050. The van der Waals surface area contributed by atoms with Crippen molar-refractivity contribution >= 4 is 35.0 Å². The first-order valence-electron chi connectivity index (χ1n) is 9.85. The summed E-state index contributed by atoms with van der Waals surface area (Å²) in [5.41, 5.74) is 2.47. The number of thioether (sulfide) groups is 1. The first kappa shape index (κ1) is 22.4. The highest BCUT2D eigenvalue weighted by atomic mass is 32.2. The molecule has 9 heteroatoms. The van der Waals surface area contributed by atoms with Crippen LogP contribution in [0.2, 0.25) is 0 Å². The van der Waals surface area contributed by atoms with Crippen molar-refractivity contribution in [2.75, 3.05) is 23.0 Å². The molecule has 0 aliphatic carbocycles.